The highest BCUT2D eigenvalue weighted by molar-refractivity contribution is 8.00. The number of sulfone groups is 1. The van der Waals surface area contributed by atoms with E-state index in [1.165, 1.54) is 18.0 Å². The number of nitrogens with zero attached hydrogens (tertiary/aromatic N) is 3. The lowest BCUT2D eigenvalue weighted by Crippen LogP contribution is -2.06. The van der Waals surface area contributed by atoms with Crippen molar-refractivity contribution in [1.29, 1.82) is 0 Å². The molecule has 3 aromatic rings. The Morgan fingerprint density at radius 2 is 1.88 bits per heavy atom. The minimum atomic E-state index is -2.99. The smallest absolute Gasteiger partial charge is 0.190 e. The molecule has 0 aliphatic heterocycles. The third-order valence-corrected chi connectivity index (χ3v) is 5.75. The number of aryl methyl sites for hydroxylation is 2. The second-order valence-corrected chi connectivity index (χ2v) is 9.14. The predicted octanol–water partition coefficient (Wildman–Crippen LogP) is 3.15. The third kappa shape index (κ3) is 3.62. The highest BCUT2D eigenvalue weighted by atomic mass is 32.2. The van der Waals surface area contributed by atoms with Gasteiger partial charge in [0, 0.05) is 17.6 Å². The third-order valence-electron chi connectivity index (χ3n) is 3.61. The van der Waals surface area contributed by atoms with Gasteiger partial charge in [-0.05, 0) is 25.5 Å². The van der Waals surface area contributed by atoms with Crippen LogP contribution in [0.25, 0.3) is 16.8 Å². The number of benzene rings is 1. The van der Waals surface area contributed by atoms with Crippen molar-refractivity contribution in [2.45, 2.75) is 19.0 Å². The molecule has 0 amide bonds. The number of imidazole rings is 1. The fraction of sp³-hybridized carbons (Fsp3) is 0.294. The van der Waals surface area contributed by atoms with E-state index < -0.39 is 9.84 Å². The molecular weight excluding hydrogens is 342 g/mol. The lowest BCUT2D eigenvalue weighted by Gasteiger charge is -2.04. The van der Waals surface area contributed by atoms with Crippen LogP contribution in [0.15, 0.2) is 41.6 Å². The highest BCUT2D eigenvalue weighted by Gasteiger charge is 2.17. The lowest BCUT2D eigenvalue weighted by molar-refractivity contribution is 0.603. The first-order valence-electron chi connectivity index (χ1n) is 7.58. The molecule has 3 rings (SSSR count). The van der Waals surface area contributed by atoms with Gasteiger partial charge in [-0.3, -0.25) is 0 Å². The molecule has 2 aromatic heterocycles. The molecular formula is C17H19N3O2S2. The number of hydrogen-bond acceptors (Lipinski definition) is 5. The first-order valence-corrected chi connectivity index (χ1v) is 10.6. The summed E-state index contributed by atoms with van der Waals surface area (Å²) in [6, 6.07) is 12.0. The largest absolute Gasteiger partial charge is 0.229 e. The number of rotatable bonds is 5. The molecule has 0 unspecified atom stereocenters. The van der Waals surface area contributed by atoms with Crippen molar-refractivity contribution in [3.63, 3.8) is 0 Å². The minimum absolute atomic E-state index is 0.123. The van der Waals surface area contributed by atoms with E-state index in [9.17, 15) is 8.42 Å². The van der Waals surface area contributed by atoms with E-state index in [4.69, 9.17) is 4.98 Å². The molecule has 24 heavy (non-hydrogen) atoms. The second kappa shape index (κ2) is 6.57. The molecule has 0 atom stereocenters. The molecule has 0 saturated heterocycles. The van der Waals surface area contributed by atoms with Gasteiger partial charge in [0.05, 0.1) is 22.7 Å². The molecule has 5 nitrogen and oxygen atoms in total. The summed E-state index contributed by atoms with van der Waals surface area (Å²) in [5.74, 6) is 0.582. The maximum atomic E-state index is 11.4. The van der Waals surface area contributed by atoms with Crippen LogP contribution in [0, 0.1) is 13.8 Å². The molecule has 1 aromatic carbocycles. The Morgan fingerprint density at radius 1 is 1.17 bits per heavy atom. The summed E-state index contributed by atoms with van der Waals surface area (Å²) in [7, 11) is -2.99. The normalized spacial score (nSPS) is 12.0. The summed E-state index contributed by atoms with van der Waals surface area (Å²) in [5.41, 5.74) is 4.88. The summed E-state index contributed by atoms with van der Waals surface area (Å²) in [6.07, 6.45) is 1.25. The van der Waals surface area contributed by atoms with Crippen molar-refractivity contribution in [2.75, 3.05) is 17.8 Å². The molecule has 0 radical (unpaired) electrons. The van der Waals surface area contributed by atoms with Crippen LogP contribution in [0.4, 0.5) is 0 Å². The Bertz CT molecular complexity index is 980. The summed E-state index contributed by atoms with van der Waals surface area (Å²) < 4.78 is 24.6. The minimum Gasteiger partial charge on any atom is -0.229 e. The molecule has 126 valence electrons. The SMILES string of the molecule is Cc1cc(C)c2c(-c3ccccc3)nc(SCCS(C)(=O)=O)n2n1. The molecule has 0 saturated carbocycles. The van der Waals surface area contributed by atoms with Crippen molar-refractivity contribution in [3.8, 4) is 11.3 Å². The lowest BCUT2D eigenvalue weighted by atomic mass is 10.1. The summed E-state index contributed by atoms with van der Waals surface area (Å²) in [6.45, 7) is 3.99. The zero-order valence-electron chi connectivity index (χ0n) is 13.9. The van der Waals surface area contributed by atoms with Gasteiger partial charge < -0.3 is 0 Å². The van der Waals surface area contributed by atoms with Crippen LogP contribution in [0.2, 0.25) is 0 Å². The monoisotopic (exact) mass is 361 g/mol. The maximum Gasteiger partial charge on any atom is 0.190 e. The molecule has 0 N–H and O–H groups in total. The van der Waals surface area contributed by atoms with E-state index in [-0.39, 0.29) is 5.75 Å². The van der Waals surface area contributed by atoms with Crippen molar-refractivity contribution in [1.82, 2.24) is 14.6 Å². The molecule has 2 heterocycles. The van der Waals surface area contributed by atoms with E-state index >= 15 is 0 Å². The van der Waals surface area contributed by atoms with E-state index in [2.05, 4.69) is 5.10 Å². The number of aromatic nitrogens is 3. The summed E-state index contributed by atoms with van der Waals surface area (Å²) in [5, 5.41) is 5.30. The fourth-order valence-corrected chi connectivity index (χ4v) is 4.72. The van der Waals surface area contributed by atoms with Gasteiger partial charge in [0.2, 0.25) is 0 Å². The zero-order valence-corrected chi connectivity index (χ0v) is 15.5. The van der Waals surface area contributed by atoms with Crippen molar-refractivity contribution in [3.05, 3.63) is 47.7 Å². The topological polar surface area (TPSA) is 64.3 Å². The van der Waals surface area contributed by atoms with E-state index in [0.29, 0.717) is 5.75 Å². The molecule has 0 spiro atoms. The fourth-order valence-electron chi connectivity index (χ4n) is 2.58. The van der Waals surface area contributed by atoms with Crippen LogP contribution < -0.4 is 0 Å². The van der Waals surface area contributed by atoms with Crippen LogP contribution >= 0.6 is 11.8 Å². The van der Waals surface area contributed by atoms with Gasteiger partial charge >= 0.3 is 0 Å². The maximum absolute atomic E-state index is 11.4. The van der Waals surface area contributed by atoms with Crippen LogP contribution in [0.3, 0.4) is 0 Å². The van der Waals surface area contributed by atoms with Gasteiger partial charge in [-0.25, -0.2) is 17.9 Å². The van der Waals surface area contributed by atoms with E-state index in [1.807, 2.05) is 54.8 Å². The van der Waals surface area contributed by atoms with E-state index in [0.717, 1.165) is 33.2 Å². The molecule has 0 aliphatic carbocycles. The van der Waals surface area contributed by atoms with Crippen LogP contribution in [-0.2, 0) is 9.84 Å². The predicted molar refractivity (Wildman–Crippen MR) is 98.3 cm³/mol. The van der Waals surface area contributed by atoms with Crippen LogP contribution in [0.5, 0.6) is 0 Å². The Hall–Kier alpha value is -1.86. The quantitative estimate of drug-likeness (QED) is 0.653. The Labute approximate surface area is 146 Å². The van der Waals surface area contributed by atoms with Gasteiger partial charge in [0.25, 0.3) is 0 Å². The van der Waals surface area contributed by atoms with Gasteiger partial charge in [-0.2, -0.15) is 5.10 Å². The second-order valence-electron chi connectivity index (χ2n) is 5.82. The van der Waals surface area contributed by atoms with Crippen LogP contribution in [0.1, 0.15) is 11.3 Å². The summed E-state index contributed by atoms with van der Waals surface area (Å²) in [4.78, 5) is 4.75. The van der Waals surface area contributed by atoms with Gasteiger partial charge in [-0.15, -0.1) is 0 Å². The van der Waals surface area contributed by atoms with Gasteiger partial charge in [0.15, 0.2) is 5.16 Å². The first-order chi connectivity index (χ1) is 11.3. The van der Waals surface area contributed by atoms with Crippen molar-refractivity contribution in [2.24, 2.45) is 0 Å². The zero-order chi connectivity index (χ0) is 17.3. The standard InChI is InChI=1S/C17H19N3O2S2/c1-12-11-13(2)19-20-16(12)15(14-7-5-4-6-8-14)18-17(20)23-9-10-24(3,21)22/h4-8,11H,9-10H2,1-3H3. The number of fused-ring (bicyclic) bond motifs is 1. The first kappa shape index (κ1) is 17.0. The molecule has 0 aliphatic rings. The Kier molecular flexibility index (Phi) is 4.64. The van der Waals surface area contributed by atoms with Gasteiger partial charge in [0.1, 0.15) is 9.84 Å². The van der Waals surface area contributed by atoms with Crippen LogP contribution in [-0.4, -0.2) is 40.8 Å². The average Bonchev–Trinajstić information content (AvgIpc) is 2.86. The molecule has 7 heteroatoms. The van der Waals surface area contributed by atoms with Crippen molar-refractivity contribution < 1.29 is 8.42 Å². The summed E-state index contributed by atoms with van der Waals surface area (Å²) >= 11 is 1.42. The average molecular weight is 361 g/mol. The molecule has 0 bridgehead atoms. The van der Waals surface area contributed by atoms with E-state index in [1.54, 1.807) is 0 Å². The Morgan fingerprint density at radius 3 is 2.54 bits per heavy atom. The van der Waals surface area contributed by atoms with Crippen molar-refractivity contribution >= 4 is 27.1 Å². The number of hydrogen-bond donors (Lipinski definition) is 0. The Balaban J connectivity index is 2.09. The number of thioether (sulfide) groups is 1. The van der Waals surface area contributed by atoms with Gasteiger partial charge in [-0.1, -0.05) is 42.1 Å². The molecule has 0 fully saturated rings. The highest BCUT2D eigenvalue weighted by Crippen LogP contribution is 2.30.